The molecule has 0 bridgehead atoms. The Morgan fingerprint density at radius 1 is 1.13 bits per heavy atom. The van der Waals surface area contributed by atoms with Gasteiger partial charge in [0.1, 0.15) is 0 Å². The predicted molar refractivity (Wildman–Crippen MR) is 65.1 cm³/mol. The van der Waals surface area contributed by atoms with Crippen LogP contribution in [0.1, 0.15) is 51.9 Å². The van der Waals surface area contributed by atoms with Crippen LogP contribution in [0, 0.1) is 5.92 Å². The molecule has 0 amide bonds. The van der Waals surface area contributed by atoms with Crippen molar-refractivity contribution in [1.82, 2.24) is 5.32 Å². The maximum atomic E-state index is 5.03. The molecule has 1 saturated carbocycles. The molecule has 0 atom stereocenters. The summed E-state index contributed by atoms with van der Waals surface area (Å²) in [5, 5.41) is 3.67. The molecule has 0 heterocycles. The third-order valence-corrected chi connectivity index (χ3v) is 3.63. The van der Waals surface area contributed by atoms with E-state index < -0.39 is 0 Å². The molecule has 2 heteroatoms. The molecule has 0 aromatic heterocycles. The standard InChI is InChI=1S/C13H27NO/c1-3-12-6-8-13(9-7-12)14-10-4-5-11-15-2/h12-14H,3-11H2,1-2H3. The number of nitrogens with one attached hydrogen (secondary N) is 1. The number of unbranched alkanes of at least 4 members (excludes halogenated alkanes) is 1. The first-order valence-electron chi connectivity index (χ1n) is 6.59. The molecule has 15 heavy (non-hydrogen) atoms. The van der Waals surface area contributed by atoms with Gasteiger partial charge in [0.15, 0.2) is 0 Å². The molecule has 0 unspecified atom stereocenters. The molecule has 0 spiro atoms. The van der Waals surface area contributed by atoms with Gasteiger partial charge < -0.3 is 10.1 Å². The average molecular weight is 213 g/mol. The van der Waals surface area contributed by atoms with Crippen molar-refractivity contribution in [3.8, 4) is 0 Å². The van der Waals surface area contributed by atoms with E-state index in [0.717, 1.165) is 18.6 Å². The van der Waals surface area contributed by atoms with Gasteiger partial charge in [-0.2, -0.15) is 0 Å². The molecule has 1 aliphatic rings. The van der Waals surface area contributed by atoms with Gasteiger partial charge in [0, 0.05) is 19.8 Å². The van der Waals surface area contributed by atoms with E-state index in [0.29, 0.717) is 0 Å². The zero-order valence-electron chi connectivity index (χ0n) is 10.4. The highest BCUT2D eigenvalue weighted by molar-refractivity contribution is 4.76. The lowest BCUT2D eigenvalue weighted by atomic mass is 9.84. The van der Waals surface area contributed by atoms with Gasteiger partial charge >= 0.3 is 0 Å². The van der Waals surface area contributed by atoms with Crippen LogP contribution in [0.3, 0.4) is 0 Å². The molecule has 1 N–H and O–H groups in total. The van der Waals surface area contributed by atoms with E-state index in [1.807, 2.05) is 0 Å². The summed E-state index contributed by atoms with van der Waals surface area (Å²) in [7, 11) is 1.78. The topological polar surface area (TPSA) is 21.3 Å². The Bertz CT molecular complexity index is 141. The van der Waals surface area contributed by atoms with E-state index in [9.17, 15) is 0 Å². The van der Waals surface area contributed by atoms with Gasteiger partial charge in [0.2, 0.25) is 0 Å². The van der Waals surface area contributed by atoms with Crippen LogP contribution in [-0.4, -0.2) is 26.3 Å². The van der Waals surface area contributed by atoms with Crippen molar-refractivity contribution in [3.05, 3.63) is 0 Å². The first-order valence-corrected chi connectivity index (χ1v) is 6.59. The van der Waals surface area contributed by atoms with Crippen LogP contribution in [0.15, 0.2) is 0 Å². The third-order valence-electron chi connectivity index (χ3n) is 3.63. The monoisotopic (exact) mass is 213 g/mol. The minimum Gasteiger partial charge on any atom is -0.385 e. The van der Waals surface area contributed by atoms with Crippen molar-refractivity contribution < 1.29 is 4.74 Å². The summed E-state index contributed by atoms with van der Waals surface area (Å²) in [6, 6.07) is 0.801. The number of hydrogen-bond acceptors (Lipinski definition) is 2. The molecule has 0 aromatic rings. The second kappa shape index (κ2) is 8.12. The van der Waals surface area contributed by atoms with Crippen LogP contribution in [0.2, 0.25) is 0 Å². The minimum atomic E-state index is 0.801. The minimum absolute atomic E-state index is 0.801. The average Bonchev–Trinajstić information content (AvgIpc) is 2.30. The van der Waals surface area contributed by atoms with Gasteiger partial charge in [-0.15, -0.1) is 0 Å². The largest absolute Gasteiger partial charge is 0.385 e. The fourth-order valence-electron chi connectivity index (χ4n) is 2.45. The van der Waals surface area contributed by atoms with Crippen molar-refractivity contribution in [1.29, 1.82) is 0 Å². The summed E-state index contributed by atoms with van der Waals surface area (Å²) in [6.07, 6.45) is 9.47. The first kappa shape index (κ1) is 13.0. The molecule has 90 valence electrons. The Morgan fingerprint density at radius 2 is 1.87 bits per heavy atom. The Balaban J connectivity index is 1.94. The highest BCUT2D eigenvalue weighted by Gasteiger charge is 2.18. The number of methoxy groups -OCH3 is 1. The van der Waals surface area contributed by atoms with Crippen molar-refractivity contribution in [2.45, 2.75) is 57.9 Å². The van der Waals surface area contributed by atoms with Crippen LogP contribution < -0.4 is 5.32 Å². The van der Waals surface area contributed by atoms with E-state index in [-0.39, 0.29) is 0 Å². The summed E-state index contributed by atoms with van der Waals surface area (Å²) in [6.45, 7) is 4.40. The summed E-state index contributed by atoms with van der Waals surface area (Å²) in [5.74, 6) is 1.01. The molecule has 1 aliphatic carbocycles. The maximum absolute atomic E-state index is 5.03. The molecular formula is C13H27NO. The maximum Gasteiger partial charge on any atom is 0.0462 e. The smallest absolute Gasteiger partial charge is 0.0462 e. The van der Waals surface area contributed by atoms with Gasteiger partial charge in [-0.1, -0.05) is 13.3 Å². The Morgan fingerprint density at radius 3 is 2.47 bits per heavy atom. The zero-order chi connectivity index (χ0) is 10.9. The Hall–Kier alpha value is -0.0800. The molecule has 2 nitrogen and oxygen atoms in total. The lowest BCUT2D eigenvalue weighted by Crippen LogP contribution is -2.33. The second-order valence-electron chi connectivity index (χ2n) is 4.78. The normalized spacial score (nSPS) is 26.8. The number of rotatable bonds is 7. The quantitative estimate of drug-likeness (QED) is 0.656. The van der Waals surface area contributed by atoms with Gasteiger partial charge in [-0.25, -0.2) is 0 Å². The lowest BCUT2D eigenvalue weighted by molar-refractivity contribution is 0.191. The predicted octanol–water partition coefficient (Wildman–Crippen LogP) is 2.97. The molecule has 0 saturated heterocycles. The lowest BCUT2D eigenvalue weighted by Gasteiger charge is -2.28. The summed E-state index contributed by atoms with van der Waals surface area (Å²) in [5.41, 5.74) is 0. The fourth-order valence-corrected chi connectivity index (χ4v) is 2.45. The van der Waals surface area contributed by atoms with Crippen LogP contribution in [0.4, 0.5) is 0 Å². The molecule has 0 aliphatic heterocycles. The Kier molecular flexibility index (Phi) is 7.03. The Labute approximate surface area is 94.8 Å². The van der Waals surface area contributed by atoms with E-state index >= 15 is 0 Å². The molecule has 1 fully saturated rings. The van der Waals surface area contributed by atoms with Crippen molar-refractivity contribution in [2.75, 3.05) is 20.3 Å². The van der Waals surface area contributed by atoms with Crippen LogP contribution in [-0.2, 0) is 4.74 Å². The zero-order valence-corrected chi connectivity index (χ0v) is 10.4. The highest BCUT2D eigenvalue weighted by atomic mass is 16.5. The summed E-state index contributed by atoms with van der Waals surface area (Å²) >= 11 is 0. The van der Waals surface area contributed by atoms with Crippen LogP contribution in [0.5, 0.6) is 0 Å². The van der Waals surface area contributed by atoms with Crippen LogP contribution >= 0.6 is 0 Å². The van der Waals surface area contributed by atoms with E-state index in [1.54, 1.807) is 7.11 Å². The number of hydrogen-bond donors (Lipinski definition) is 1. The van der Waals surface area contributed by atoms with Crippen molar-refractivity contribution in [3.63, 3.8) is 0 Å². The molecule has 0 radical (unpaired) electrons. The second-order valence-corrected chi connectivity index (χ2v) is 4.78. The number of ether oxygens (including phenoxy) is 1. The SMILES string of the molecule is CCC1CCC(NCCCCOC)CC1. The summed E-state index contributed by atoms with van der Waals surface area (Å²) in [4.78, 5) is 0. The van der Waals surface area contributed by atoms with E-state index in [1.165, 1.54) is 51.5 Å². The summed E-state index contributed by atoms with van der Waals surface area (Å²) < 4.78 is 5.03. The van der Waals surface area contributed by atoms with Gasteiger partial charge in [0.25, 0.3) is 0 Å². The van der Waals surface area contributed by atoms with E-state index in [2.05, 4.69) is 12.2 Å². The van der Waals surface area contributed by atoms with Crippen molar-refractivity contribution >= 4 is 0 Å². The van der Waals surface area contributed by atoms with Gasteiger partial charge in [0.05, 0.1) is 0 Å². The van der Waals surface area contributed by atoms with E-state index in [4.69, 9.17) is 4.74 Å². The molecule has 1 rings (SSSR count). The molecular weight excluding hydrogens is 186 g/mol. The van der Waals surface area contributed by atoms with Crippen LogP contribution in [0.25, 0.3) is 0 Å². The van der Waals surface area contributed by atoms with Gasteiger partial charge in [-0.05, 0) is 51.0 Å². The highest BCUT2D eigenvalue weighted by Crippen LogP contribution is 2.26. The van der Waals surface area contributed by atoms with Crippen molar-refractivity contribution in [2.24, 2.45) is 5.92 Å². The first-order chi connectivity index (χ1) is 7.36. The molecule has 0 aromatic carbocycles. The third kappa shape index (κ3) is 5.53. The van der Waals surface area contributed by atoms with Gasteiger partial charge in [-0.3, -0.25) is 0 Å². The fraction of sp³-hybridized carbons (Fsp3) is 1.00.